The van der Waals surface area contributed by atoms with Crippen molar-refractivity contribution in [1.29, 1.82) is 0 Å². The van der Waals surface area contributed by atoms with Crippen LogP contribution in [0.5, 0.6) is 0 Å². The monoisotopic (exact) mass is 391 g/mol. The Balaban J connectivity index is 1.82. The van der Waals surface area contributed by atoms with E-state index in [4.69, 9.17) is 0 Å². The van der Waals surface area contributed by atoms with Gasteiger partial charge in [-0.15, -0.1) is 0 Å². The molecule has 2 heterocycles. The number of nitrogens with zero attached hydrogens (tertiary/aromatic N) is 6. The Hall–Kier alpha value is -1.60. The van der Waals surface area contributed by atoms with Gasteiger partial charge in [0.2, 0.25) is 0 Å². The number of hydrogen-bond donors (Lipinski definition) is 1. The molecule has 1 N–H and O–H groups in total. The summed E-state index contributed by atoms with van der Waals surface area (Å²) in [4.78, 5) is 11.8. The molecule has 160 valence electrons. The average molecular weight is 392 g/mol. The van der Waals surface area contributed by atoms with Crippen LogP contribution in [-0.2, 0) is 13.6 Å². The second-order valence-electron chi connectivity index (χ2n) is 8.49. The Bertz CT molecular complexity index is 614. The van der Waals surface area contributed by atoms with Gasteiger partial charge >= 0.3 is 0 Å². The lowest BCUT2D eigenvalue weighted by Gasteiger charge is -2.35. The maximum atomic E-state index is 4.62. The molecular weight excluding hydrogens is 350 g/mol. The van der Waals surface area contributed by atoms with Crippen molar-refractivity contribution in [3.8, 4) is 0 Å². The first kappa shape index (κ1) is 22.7. The number of aryl methyl sites for hydroxylation is 1. The van der Waals surface area contributed by atoms with Gasteiger partial charge in [0.1, 0.15) is 0 Å². The number of hydrogen-bond acceptors (Lipinski definition) is 4. The molecule has 0 amide bonds. The van der Waals surface area contributed by atoms with E-state index in [0.29, 0.717) is 11.8 Å². The summed E-state index contributed by atoms with van der Waals surface area (Å²) in [6.45, 7) is 17.8. The van der Waals surface area contributed by atoms with E-state index in [9.17, 15) is 0 Å². The van der Waals surface area contributed by atoms with Crippen molar-refractivity contribution in [3.63, 3.8) is 0 Å². The Morgan fingerprint density at radius 3 is 2.43 bits per heavy atom. The molecule has 7 nitrogen and oxygen atoms in total. The molecule has 1 aromatic heterocycles. The van der Waals surface area contributed by atoms with Crippen molar-refractivity contribution in [2.75, 3.05) is 59.9 Å². The fourth-order valence-electron chi connectivity index (χ4n) is 3.94. The standard InChI is InChI=1S/C21H41N7/c1-8-27-9-11-28(12-10-27)14-18(4)13-23-21(22-5)25(6)15-19-16-26(7)24-20(19)17(2)3/h16-18H,8-15H2,1-7H3,(H,22,23). The third kappa shape index (κ3) is 6.48. The largest absolute Gasteiger partial charge is 0.356 e. The highest BCUT2D eigenvalue weighted by Gasteiger charge is 2.19. The van der Waals surface area contributed by atoms with E-state index in [1.807, 2.05) is 18.8 Å². The maximum Gasteiger partial charge on any atom is 0.193 e. The van der Waals surface area contributed by atoms with Crippen LogP contribution in [0.15, 0.2) is 11.2 Å². The zero-order valence-electron chi connectivity index (χ0n) is 19.1. The molecule has 7 heteroatoms. The third-order valence-electron chi connectivity index (χ3n) is 5.56. The molecule has 0 saturated carbocycles. The lowest BCUT2D eigenvalue weighted by Crippen LogP contribution is -2.48. The summed E-state index contributed by atoms with van der Waals surface area (Å²) in [7, 11) is 5.95. The molecule has 2 rings (SSSR count). The lowest BCUT2D eigenvalue weighted by atomic mass is 10.1. The van der Waals surface area contributed by atoms with Gasteiger partial charge in [0.05, 0.1) is 5.69 Å². The highest BCUT2D eigenvalue weighted by Crippen LogP contribution is 2.18. The minimum Gasteiger partial charge on any atom is -0.356 e. The summed E-state index contributed by atoms with van der Waals surface area (Å²) in [5.74, 6) is 1.96. The quantitative estimate of drug-likeness (QED) is 0.541. The number of nitrogens with one attached hydrogen (secondary N) is 1. The van der Waals surface area contributed by atoms with Crippen LogP contribution in [0.2, 0.25) is 0 Å². The number of piperazine rings is 1. The van der Waals surface area contributed by atoms with E-state index in [0.717, 1.165) is 25.6 Å². The van der Waals surface area contributed by atoms with Gasteiger partial charge in [-0.2, -0.15) is 5.10 Å². The number of aromatic nitrogens is 2. The molecule has 0 bridgehead atoms. The molecule has 1 fully saturated rings. The second-order valence-corrected chi connectivity index (χ2v) is 8.49. The summed E-state index contributed by atoms with van der Waals surface area (Å²) in [6, 6.07) is 0. The van der Waals surface area contributed by atoms with Crippen LogP contribution >= 0.6 is 0 Å². The van der Waals surface area contributed by atoms with Crippen LogP contribution in [0.25, 0.3) is 0 Å². The molecule has 0 aliphatic carbocycles. The van der Waals surface area contributed by atoms with Crippen LogP contribution in [0.3, 0.4) is 0 Å². The van der Waals surface area contributed by atoms with E-state index >= 15 is 0 Å². The normalized spacial score (nSPS) is 17.9. The third-order valence-corrected chi connectivity index (χ3v) is 5.56. The van der Waals surface area contributed by atoms with E-state index in [1.54, 1.807) is 0 Å². The van der Waals surface area contributed by atoms with Gasteiger partial charge in [0.25, 0.3) is 0 Å². The van der Waals surface area contributed by atoms with E-state index < -0.39 is 0 Å². The number of guanidine groups is 1. The SMILES string of the molecule is CCN1CCN(CC(C)CNC(=NC)N(C)Cc2cn(C)nc2C(C)C)CC1. The molecule has 1 unspecified atom stereocenters. The van der Waals surface area contributed by atoms with E-state index in [2.05, 4.69) is 71.0 Å². The van der Waals surface area contributed by atoms with Gasteiger partial charge in [-0.25, -0.2) is 0 Å². The molecule has 1 aliphatic heterocycles. The summed E-state index contributed by atoms with van der Waals surface area (Å²) < 4.78 is 1.91. The topological polar surface area (TPSA) is 51.9 Å². The van der Waals surface area contributed by atoms with Crippen molar-refractivity contribution in [2.24, 2.45) is 18.0 Å². The second kappa shape index (κ2) is 10.8. The molecule has 28 heavy (non-hydrogen) atoms. The van der Waals surface area contributed by atoms with Gasteiger partial charge in [0.15, 0.2) is 5.96 Å². The minimum atomic E-state index is 0.424. The van der Waals surface area contributed by atoms with E-state index in [1.165, 1.54) is 44.0 Å². The molecular formula is C21H41N7. The molecule has 0 aromatic carbocycles. The van der Waals surface area contributed by atoms with Crippen molar-refractivity contribution >= 4 is 5.96 Å². The Morgan fingerprint density at radius 2 is 1.86 bits per heavy atom. The van der Waals surface area contributed by atoms with Crippen LogP contribution in [0.1, 0.15) is 44.9 Å². The highest BCUT2D eigenvalue weighted by atomic mass is 15.3. The van der Waals surface area contributed by atoms with Crippen LogP contribution < -0.4 is 5.32 Å². The van der Waals surface area contributed by atoms with Crippen LogP contribution in [-0.4, -0.2) is 90.3 Å². The number of aliphatic imine (C=N–C) groups is 1. The van der Waals surface area contributed by atoms with Crippen molar-refractivity contribution < 1.29 is 0 Å². The average Bonchev–Trinajstić information content (AvgIpc) is 3.03. The molecule has 1 aliphatic rings. The Labute approximate surface area is 171 Å². The van der Waals surface area contributed by atoms with E-state index in [-0.39, 0.29) is 0 Å². The van der Waals surface area contributed by atoms with Gasteiger partial charge in [0, 0.05) is 78.7 Å². The fourth-order valence-corrected chi connectivity index (χ4v) is 3.94. The number of likely N-dealkylation sites (N-methyl/N-ethyl adjacent to an activating group) is 1. The zero-order chi connectivity index (χ0) is 20.7. The summed E-state index contributed by atoms with van der Waals surface area (Å²) in [6.07, 6.45) is 2.12. The highest BCUT2D eigenvalue weighted by molar-refractivity contribution is 5.79. The summed E-state index contributed by atoms with van der Waals surface area (Å²) in [5, 5.41) is 8.19. The molecule has 0 spiro atoms. The lowest BCUT2D eigenvalue weighted by molar-refractivity contribution is 0.124. The van der Waals surface area contributed by atoms with Gasteiger partial charge in [-0.1, -0.05) is 27.7 Å². The van der Waals surface area contributed by atoms with Gasteiger partial charge in [-0.05, 0) is 18.4 Å². The number of rotatable bonds is 8. The van der Waals surface area contributed by atoms with Crippen molar-refractivity contribution in [2.45, 2.75) is 40.2 Å². The summed E-state index contributed by atoms with van der Waals surface area (Å²) >= 11 is 0. The first-order chi connectivity index (χ1) is 13.3. The Kier molecular flexibility index (Phi) is 8.76. The summed E-state index contributed by atoms with van der Waals surface area (Å²) in [5.41, 5.74) is 2.44. The zero-order valence-corrected chi connectivity index (χ0v) is 19.1. The predicted octanol–water partition coefficient (Wildman–Crippen LogP) is 1.82. The van der Waals surface area contributed by atoms with Gasteiger partial charge in [-0.3, -0.25) is 9.67 Å². The van der Waals surface area contributed by atoms with Crippen molar-refractivity contribution in [1.82, 2.24) is 29.8 Å². The molecule has 1 aromatic rings. The maximum absolute atomic E-state index is 4.62. The van der Waals surface area contributed by atoms with Crippen LogP contribution in [0.4, 0.5) is 0 Å². The Morgan fingerprint density at radius 1 is 1.21 bits per heavy atom. The minimum absolute atomic E-state index is 0.424. The first-order valence-corrected chi connectivity index (χ1v) is 10.7. The van der Waals surface area contributed by atoms with Crippen LogP contribution in [0, 0.1) is 5.92 Å². The van der Waals surface area contributed by atoms with Gasteiger partial charge < -0.3 is 20.0 Å². The molecule has 1 saturated heterocycles. The van der Waals surface area contributed by atoms with Crippen molar-refractivity contribution in [3.05, 3.63) is 17.5 Å². The predicted molar refractivity (Wildman–Crippen MR) is 118 cm³/mol. The fraction of sp³-hybridized carbons (Fsp3) is 0.810. The smallest absolute Gasteiger partial charge is 0.193 e. The first-order valence-electron chi connectivity index (χ1n) is 10.7. The molecule has 1 atom stereocenters. The molecule has 0 radical (unpaired) electrons.